The van der Waals surface area contributed by atoms with Crippen molar-refractivity contribution >= 4 is 23.7 Å². The Morgan fingerprint density at radius 3 is 1.88 bits per heavy atom. The molecule has 0 aliphatic rings. The Bertz CT molecular complexity index is 695. The van der Waals surface area contributed by atoms with Crippen molar-refractivity contribution in [3.05, 3.63) is 65.2 Å². The molecule has 0 radical (unpaired) electrons. The normalized spacial score (nSPS) is 10.0. The van der Waals surface area contributed by atoms with Crippen LogP contribution >= 0.6 is 11.8 Å². The smallest absolute Gasteiger partial charge is 0.336 e. The predicted molar refractivity (Wildman–Crippen MR) is 97.2 cm³/mol. The standard InChI is InChI=1S/C10H12O2S.C9H10O2/c1-7(2)13-9-6-4-3-5-8(9)10(11)12;1-2-7-5-3-4-6-8(7)9(10)11/h3-7H,1-2H3,(H,11,12);3-6H,2H2,1H3,(H,10,11). The average Bonchev–Trinajstić information content (AvgIpc) is 2.55. The molecule has 0 saturated carbocycles. The number of hydrogen-bond donors (Lipinski definition) is 2. The molecule has 0 aromatic heterocycles. The fraction of sp³-hybridized carbons (Fsp3) is 0.263. The van der Waals surface area contributed by atoms with Gasteiger partial charge in [-0.05, 0) is 30.2 Å². The molecular formula is C19H22O4S. The van der Waals surface area contributed by atoms with Gasteiger partial charge in [0, 0.05) is 10.1 Å². The molecule has 5 heteroatoms. The Balaban J connectivity index is 0.000000243. The lowest BCUT2D eigenvalue weighted by molar-refractivity contribution is 0.0683. The van der Waals surface area contributed by atoms with Gasteiger partial charge in [0.25, 0.3) is 0 Å². The number of aryl methyl sites for hydroxylation is 1. The zero-order chi connectivity index (χ0) is 18.1. The minimum absolute atomic E-state index is 0.390. The molecule has 0 atom stereocenters. The van der Waals surface area contributed by atoms with Gasteiger partial charge in [-0.25, -0.2) is 9.59 Å². The highest BCUT2D eigenvalue weighted by Gasteiger charge is 2.10. The summed E-state index contributed by atoms with van der Waals surface area (Å²) in [6, 6.07) is 14.1. The van der Waals surface area contributed by atoms with Crippen LogP contribution < -0.4 is 0 Å². The number of thioether (sulfide) groups is 1. The Labute approximate surface area is 146 Å². The fourth-order valence-electron chi connectivity index (χ4n) is 2.04. The molecule has 0 fully saturated rings. The van der Waals surface area contributed by atoms with Crippen LogP contribution in [0.15, 0.2) is 53.4 Å². The highest BCUT2D eigenvalue weighted by molar-refractivity contribution is 8.00. The predicted octanol–water partition coefficient (Wildman–Crippen LogP) is 4.83. The SMILES string of the molecule is CC(C)Sc1ccccc1C(=O)O.CCc1ccccc1C(=O)O. The van der Waals surface area contributed by atoms with E-state index in [1.54, 1.807) is 36.0 Å². The number of carboxylic acid groups (broad SMARTS) is 2. The van der Waals surface area contributed by atoms with Crippen LogP contribution in [0.5, 0.6) is 0 Å². The summed E-state index contributed by atoms with van der Waals surface area (Å²) < 4.78 is 0. The maximum Gasteiger partial charge on any atom is 0.336 e. The van der Waals surface area contributed by atoms with Gasteiger partial charge in [0.15, 0.2) is 0 Å². The van der Waals surface area contributed by atoms with E-state index in [-0.39, 0.29) is 0 Å². The summed E-state index contributed by atoms with van der Waals surface area (Å²) >= 11 is 1.57. The van der Waals surface area contributed by atoms with E-state index in [0.717, 1.165) is 16.9 Å². The minimum Gasteiger partial charge on any atom is -0.478 e. The number of aromatic carboxylic acids is 2. The molecule has 0 bridgehead atoms. The van der Waals surface area contributed by atoms with Crippen LogP contribution in [-0.2, 0) is 6.42 Å². The largest absolute Gasteiger partial charge is 0.478 e. The summed E-state index contributed by atoms with van der Waals surface area (Å²) in [4.78, 5) is 22.2. The van der Waals surface area contributed by atoms with Crippen LogP contribution in [0.1, 0.15) is 47.1 Å². The van der Waals surface area contributed by atoms with Gasteiger partial charge in [0.05, 0.1) is 11.1 Å². The summed E-state index contributed by atoms with van der Waals surface area (Å²) in [7, 11) is 0. The third-order valence-corrected chi connectivity index (χ3v) is 4.19. The number of carboxylic acids is 2. The first-order valence-corrected chi connectivity index (χ1v) is 8.55. The summed E-state index contributed by atoms with van der Waals surface area (Å²) in [5.41, 5.74) is 1.69. The van der Waals surface area contributed by atoms with E-state index in [0.29, 0.717) is 16.4 Å². The third-order valence-electron chi connectivity index (χ3n) is 3.11. The molecule has 24 heavy (non-hydrogen) atoms. The van der Waals surface area contributed by atoms with Gasteiger partial charge >= 0.3 is 11.9 Å². The molecular weight excluding hydrogens is 324 g/mol. The van der Waals surface area contributed by atoms with Crippen molar-refractivity contribution < 1.29 is 19.8 Å². The number of benzene rings is 2. The number of carbonyl (C=O) groups is 2. The maximum atomic E-state index is 10.8. The number of rotatable bonds is 5. The molecule has 0 spiro atoms. The van der Waals surface area contributed by atoms with Crippen molar-refractivity contribution in [2.24, 2.45) is 0 Å². The first kappa shape index (κ1) is 19.8. The van der Waals surface area contributed by atoms with Crippen LogP contribution in [0.4, 0.5) is 0 Å². The quantitative estimate of drug-likeness (QED) is 0.758. The van der Waals surface area contributed by atoms with Gasteiger partial charge in [-0.15, -0.1) is 11.8 Å². The summed E-state index contributed by atoms with van der Waals surface area (Å²) in [5.74, 6) is -1.70. The fourth-order valence-corrected chi connectivity index (χ4v) is 2.98. The molecule has 0 aliphatic carbocycles. The molecule has 0 heterocycles. The first-order chi connectivity index (χ1) is 11.4. The summed E-state index contributed by atoms with van der Waals surface area (Å²) in [5, 5.41) is 18.0. The minimum atomic E-state index is -0.858. The molecule has 2 aromatic rings. The second-order valence-corrected chi connectivity index (χ2v) is 6.90. The molecule has 2 N–H and O–H groups in total. The lowest BCUT2D eigenvalue weighted by Gasteiger charge is -2.07. The average molecular weight is 346 g/mol. The Morgan fingerprint density at radius 1 is 0.917 bits per heavy atom. The molecule has 2 rings (SSSR count). The van der Waals surface area contributed by atoms with Gasteiger partial charge in [-0.2, -0.15) is 0 Å². The van der Waals surface area contributed by atoms with Crippen LogP contribution in [0.2, 0.25) is 0 Å². The van der Waals surface area contributed by atoms with Gasteiger partial charge in [-0.3, -0.25) is 0 Å². The van der Waals surface area contributed by atoms with Gasteiger partial charge in [0.2, 0.25) is 0 Å². The Hall–Kier alpha value is -2.27. The van der Waals surface area contributed by atoms with Gasteiger partial charge in [0.1, 0.15) is 0 Å². The van der Waals surface area contributed by atoms with Crippen molar-refractivity contribution in [3.63, 3.8) is 0 Å². The summed E-state index contributed by atoms with van der Waals surface area (Å²) in [6.07, 6.45) is 0.766. The first-order valence-electron chi connectivity index (χ1n) is 7.67. The Morgan fingerprint density at radius 2 is 1.42 bits per heavy atom. The highest BCUT2D eigenvalue weighted by Crippen LogP contribution is 2.26. The van der Waals surface area contributed by atoms with E-state index in [1.165, 1.54) is 0 Å². The van der Waals surface area contributed by atoms with Crippen molar-refractivity contribution in [2.45, 2.75) is 37.3 Å². The van der Waals surface area contributed by atoms with Crippen LogP contribution in [0, 0.1) is 0 Å². The van der Waals surface area contributed by atoms with E-state index < -0.39 is 11.9 Å². The van der Waals surface area contributed by atoms with Crippen molar-refractivity contribution in [1.29, 1.82) is 0 Å². The zero-order valence-electron chi connectivity index (χ0n) is 14.0. The topological polar surface area (TPSA) is 74.6 Å². The van der Waals surface area contributed by atoms with Gasteiger partial charge < -0.3 is 10.2 Å². The highest BCUT2D eigenvalue weighted by atomic mass is 32.2. The van der Waals surface area contributed by atoms with E-state index in [2.05, 4.69) is 0 Å². The third kappa shape index (κ3) is 6.08. The molecule has 0 unspecified atom stereocenters. The van der Waals surface area contributed by atoms with E-state index in [4.69, 9.17) is 10.2 Å². The molecule has 0 aliphatic heterocycles. The van der Waals surface area contributed by atoms with Crippen LogP contribution in [0.25, 0.3) is 0 Å². The second-order valence-electron chi connectivity index (χ2n) is 5.28. The van der Waals surface area contributed by atoms with Crippen LogP contribution in [-0.4, -0.2) is 27.4 Å². The lowest BCUT2D eigenvalue weighted by Crippen LogP contribution is -2.00. The van der Waals surface area contributed by atoms with E-state index in [9.17, 15) is 9.59 Å². The zero-order valence-corrected chi connectivity index (χ0v) is 14.8. The Kier molecular flexibility index (Phi) is 8.06. The van der Waals surface area contributed by atoms with E-state index in [1.807, 2.05) is 45.0 Å². The van der Waals surface area contributed by atoms with Crippen molar-refractivity contribution in [1.82, 2.24) is 0 Å². The summed E-state index contributed by atoms with van der Waals surface area (Å²) in [6.45, 7) is 6.04. The van der Waals surface area contributed by atoms with Crippen molar-refractivity contribution in [3.8, 4) is 0 Å². The maximum absolute atomic E-state index is 10.8. The monoisotopic (exact) mass is 346 g/mol. The molecule has 128 valence electrons. The molecule has 4 nitrogen and oxygen atoms in total. The molecule has 0 saturated heterocycles. The molecule has 0 amide bonds. The van der Waals surface area contributed by atoms with Crippen molar-refractivity contribution in [2.75, 3.05) is 0 Å². The van der Waals surface area contributed by atoms with E-state index >= 15 is 0 Å². The van der Waals surface area contributed by atoms with Gasteiger partial charge in [-0.1, -0.05) is 51.1 Å². The number of hydrogen-bond acceptors (Lipinski definition) is 3. The second kappa shape index (κ2) is 9.78. The lowest BCUT2D eigenvalue weighted by atomic mass is 10.1. The molecule has 2 aromatic carbocycles. The van der Waals surface area contributed by atoms with Crippen LogP contribution in [0.3, 0.4) is 0 Å².